The van der Waals surface area contributed by atoms with Gasteiger partial charge in [-0.15, -0.1) is 0 Å². The van der Waals surface area contributed by atoms with Crippen LogP contribution in [0.3, 0.4) is 0 Å². The minimum Gasteiger partial charge on any atom is -0.481 e. The van der Waals surface area contributed by atoms with Crippen LogP contribution in [0.4, 0.5) is 0 Å². The second-order valence-electron chi connectivity index (χ2n) is 19.6. The molecule has 1 aliphatic heterocycles. The Bertz CT molecular complexity index is 1440. The first-order valence-corrected chi connectivity index (χ1v) is 19.4. The van der Waals surface area contributed by atoms with E-state index in [1.807, 2.05) is 4.90 Å². The highest BCUT2D eigenvalue weighted by Crippen LogP contribution is 2.77. The number of carboxylic acid groups (broad SMARTS) is 1. The fraction of sp³-hybridized carbons (Fsp3) is 0.854. The molecule has 0 aromatic carbocycles. The van der Waals surface area contributed by atoms with Gasteiger partial charge in [-0.2, -0.15) is 0 Å². The van der Waals surface area contributed by atoms with Crippen molar-refractivity contribution in [3.05, 3.63) is 11.1 Å². The highest BCUT2D eigenvalue weighted by Gasteiger charge is 2.71. The standard InChI is InChI=1S/C41H64N2O6/c1-24(2)32-27(44)22-41(34(46)43-20-14-25(42)15-21-43)19-18-39(8)26(33(32)41)10-11-29-38(7)16-13-30(49-31(45)23-36(3,4)35(47)48)37(5,6)28(38)12-17-40(29,39)9/h24-26,28-30H,10-23,42H2,1-9H3,(H,47,48)/t26-,28+,29-,30+,38+,39-,40-,41-/m1/s1. The number of allylic oxidation sites excluding steroid dienone is 1. The Labute approximate surface area is 294 Å². The second-order valence-corrected chi connectivity index (χ2v) is 19.6. The van der Waals surface area contributed by atoms with Crippen molar-refractivity contribution < 1.29 is 29.0 Å². The molecule has 1 heterocycles. The number of rotatable bonds is 6. The number of hydrogen-bond acceptors (Lipinski definition) is 6. The number of piperidine rings is 1. The highest BCUT2D eigenvalue weighted by atomic mass is 16.5. The summed E-state index contributed by atoms with van der Waals surface area (Å²) in [5.74, 6) is 0.119. The molecule has 6 rings (SSSR count). The van der Waals surface area contributed by atoms with Crippen molar-refractivity contribution in [2.45, 2.75) is 152 Å². The molecule has 0 aromatic heterocycles. The van der Waals surface area contributed by atoms with Crippen molar-refractivity contribution in [1.29, 1.82) is 0 Å². The number of carbonyl (C=O) groups excluding carboxylic acids is 3. The van der Waals surface area contributed by atoms with E-state index in [2.05, 4.69) is 48.5 Å². The number of Topliss-reactive ketones (excluding diaryl/α,β-unsaturated/α-hetero) is 1. The Kier molecular flexibility index (Phi) is 8.89. The summed E-state index contributed by atoms with van der Waals surface area (Å²) in [5.41, 5.74) is 6.37. The number of amides is 1. The van der Waals surface area contributed by atoms with Crippen LogP contribution in [0.15, 0.2) is 11.1 Å². The topological polar surface area (TPSA) is 127 Å². The zero-order chi connectivity index (χ0) is 36.1. The highest BCUT2D eigenvalue weighted by molar-refractivity contribution is 6.07. The van der Waals surface area contributed by atoms with Crippen LogP contribution in [-0.2, 0) is 23.9 Å². The maximum atomic E-state index is 14.7. The predicted molar refractivity (Wildman–Crippen MR) is 189 cm³/mol. The van der Waals surface area contributed by atoms with Gasteiger partial charge in [0.2, 0.25) is 5.91 Å². The van der Waals surface area contributed by atoms with Gasteiger partial charge in [-0.3, -0.25) is 19.2 Å². The van der Waals surface area contributed by atoms with Crippen molar-refractivity contribution >= 4 is 23.6 Å². The number of ether oxygens (including phenoxy) is 1. The van der Waals surface area contributed by atoms with E-state index in [0.717, 1.165) is 69.8 Å². The van der Waals surface area contributed by atoms with Crippen molar-refractivity contribution in [3.63, 3.8) is 0 Å². The number of ketones is 1. The molecule has 6 aliphatic rings. The lowest BCUT2D eigenvalue weighted by Gasteiger charge is -2.72. The van der Waals surface area contributed by atoms with Crippen LogP contribution in [0.25, 0.3) is 0 Å². The number of likely N-dealkylation sites (tertiary alicyclic amines) is 1. The summed E-state index contributed by atoms with van der Waals surface area (Å²) < 4.78 is 6.15. The predicted octanol–water partition coefficient (Wildman–Crippen LogP) is 7.33. The van der Waals surface area contributed by atoms with Gasteiger partial charge in [0.25, 0.3) is 0 Å². The molecule has 1 amide bonds. The molecule has 0 radical (unpaired) electrons. The summed E-state index contributed by atoms with van der Waals surface area (Å²) >= 11 is 0. The van der Waals surface area contributed by atoms with Gasteiger partial charge in [0.1, 0.15) is 6.10 Å². The number of nitrogens with two attached hydrogens (primary N) is 1. The maximum Gasteiger partial charge on any atom is 0.309 e. The Morgan fingerprint density at radius 1 is 0.898 bits per heavy atom. The molecule has 0 spiro atoms. The van der Waals surface area contributed by atoms with E-state index in [1.54, 1.807) is 13.8 Å². The van der Waals surface area contributed by atoms with E-state index in [0.29, 0.717) is 31.3 Å². The van der Waals surface area contributed by atoms with Crippen LogP contribution in [0.5, 0.6) is 0 Å². The average Bonchev–Trinajstić information content (AvgIpc) is 3.32. The quantitative estimate of drug-likeness (QED) is 0.281. The minimum absolute atomic E-state index is 0.0338. The van der Waals surface area contributed by atoms with Crippen LogP contribution >= 0.6 is 0 Å². The molecule has 0 aromatic rings. The molecule has 5 fully saturated rings. The van der Waals surface area contributed by atoms with Gasteiger partial charge in [-0.25, -0.2) is 0 Å². The first-order valence-electron chi connectivity index (χ1n) is 19.4. The molecular weight excluding hydrogens is 616 g/mol. The smallest absolute Gasteiger partial charge is 0.309 e. The van der Waals surface area contributed by atoms with Crippen LogP contribution < -0.4 is 5.73 Å². The number of fused-ring (bicyclic) bond motifs is 7. The summed E-state index contributed by atoms with van der Waals surface area (Å²) in [6, 6.07) is 0.144. The van der Waals surface area contributed by atoms with Gasteiger partial charge in [0.05, 0.1) is 17.3 Å². The Balaban J connectivity index is 1.30. The fourth-order valence-corrected chi connectivity index (χ4v) is 13.1. The van der Waals surface area contributed by atoms with E-state index < -0.39 is 22.8 Å². The number of hydrogen-bond donors (Lipinski definition) is 2. The minimum atomic E-state index is -1.16. The van der Waals surface area contributed by atoms with E-state index in [-0.39, 0.29) is 63.8 Å². The summed E-state index contributed by atoms with van der Waals surface area (Å²) in [5, 5.41) is 9.59. The molecule has 8 heteroatoms. The molecule has 1 saturated heterocycles. The van der Waals surface area contributed by atoms with E-state index in [4.69, 9.17) is 10.5 Å². The van der Waals surface area contributed by atoms with E-state index in [9.17, 15) is 24.3 Å². The van der Waals surface area contributed by atoms with Crippen LogP contribution in [-0.4, -0.2) is 58.9 Å². The Morgan fingerprint density at radius 3 is 2.16 bits per heavy atom. The molecule has 8 nitrogen and oxygen atoms in total. The SMILES string of the molecule is CC(C)C1=C2[C@H]3CC[C@@H]4[C@@]5(C)CC[C@H](OC(=O)CC(C)(C)C(=O)O)C(C)(C)[C@@H]5CC[C@@]4(C)[C@]3(C)CC[C@@]2(C(=O)N2CCC(N)CC2)CC1=O. The Hall–Kier alpha value is -2.22. The lowest BCUT2D eigenvalue weighted by atomic mass is 9.33. The number of nitrogens with zero attached hydrogens (tertiary/aromatic N) is 1. The van der Waals surface area contributed by atoms with Crippen molar-refractivity contribution in [2.75, 3.05) is 13.1 Å². The molecule has 4 saturated carbocycles. The second kappa shape index (κ2) is 11.9. The van der Waals surface area contributed by atoms with Crippen LogP contribution in [0.2, 0.25) is 0 Å². The summed E-state index contributed by atoms with van der Waals surface area (Å²) in [4.78, 5) is 55.5. The third kappa shape index (κ3) is 5.29. The summed E-state index contributed by atoms with van der Waals surface area (Å²) in [6.45, 7) is 20.9. The van der Waals surface area contributed by atoms with E-state index >= 15 is 0 Å². The maximum absolute atomic E-state index is 14.7. The molecule has 0 bridgehead atoms. The van der Waals surface area contributed by atoms with Gasteiger partial charge in [0.15, 0.2) is 5.78 Å². The molecular formula is C41H64N2O6. The lowest BCUT2D eigenvalue weighted by Crippen LogP contribution is -2.66. The van der Waals surface area contributed by atoms with Crippen molar-refractivity contribution in [2.24, 2.45) is 61.9 Å². The molecule has 5 aliphatic carbocycles. The molecule has 8 atom stereocenters. The fourth-order valence-electron chi connectivity index (χ4n) is 13.1. The Morgan fingerprint density at radius 2 is 1.55 bits per heavy atom. The number of carboxylic acids is 1. The average molecular weight is 681 g/mol. The van der Waals surface area contributed by atoms with Crippen LogP contribution in [0, 0.1) is 56.2 Å². The molecule has 274 valence electrons. The molecule has 3 N–H and O–H groups in total. The lowest BCUT2D eigenvalue weighted by molar-refractivity contribution is -0.233. The van der Waals surface area contributed by atoms with Gasteiger partial charge < -0.3 is 20.5 Å². The van der Waals surface area contributed by atoms with Crippen molar-refractivity contribution in [1.82, 2.24) is 4.90 Å². The van der Waals surface area contributed by atoms with Crippen molar-refractivity contribution in [3.8, 4) is 0 Å². The molecule has 0 unspecified atom stereocenters. The molecule has 49 heavy (non-hydrogen) atoms. The number of aliphatic carboxylic acids is 1. The normalized spacial score (nSPS) is 40.7. The number of esters is 1. The first-order chi connectivity index (χ1) is 22.7. The largest absolute Gasteiger partial charge is 0.481 e. The third-order valence-electron chi connectivity index (χ3n) is 16.0. The first kappa shape index (κ1) is 36.6. The summed E-state index contributed by atoms with van der Waals surface area (Å²) in [6.07, 6.45) is 9.24. The van der Waals surface area contributed by atoms with E-state index in [1.165, 1.54) is 5.57 Å². The van der Waals surface area contributed by atoms with Gasteiger partial charge in [0, 0.05) is 31.0 Å². The third-order valence-corrected chi connectivity index (χ3v) is 16.0. The summed E-state index contributed by atoms with van der Waals surface area (Å²) in [7, 11) is 0. The number of carbonyl (C=O) groups is 4. The van der Waals surface area contributed by atoms with Crippen LogP contribution in [0.1, 0.15) is 139 Å². The van der Waals surface area contributed by atoms with Gasteiger partial charge >= 0.3 is 11.9 Å². The zero-order valence-electron chi connectivity index (χ0n) is 31.9. The monoisotopic (exact) mass is 680 g/mol. The zero-order valence-corrected chi connectivity index (χ0v) is 31.9. The van der Waals surface area contributed by atoms with Gasteiger partial charge in [-0.05, 0) is 129 Å². The van der Waals surface area contributed by atoms with Gasteiger partial charge in [-0.1, -0.05) is 48.5 Å².